The Labute approximate surface area is 198 Å². The van der Waals surface area contributed by atoms with Gasteiger partial charge in [0, 0.05) is 32.4 Å². The van der Waals surface area contributed by atoms with Crippen molar-refractivity contribution in [1.82, 2.24) is 10.2 Å². The van der Waals surface area contributed by atoms with Crippen molar-refractivity contribution in [1.29, 1.82) is 0 Å². The summed E-state index contributed by atoms with van der Waals surface area (Å²) in [6.07, 6.45) is 1.87. The molecule has 2 rings (SSSR count). The molecule has 6 heteroatoms. The number of benzene rings is 1. The number of allylic oxidation sites excluding steroid dienone is 1. The van der Waals surface area contributed by atoms with Gasteiger partial charge >= 0.3 is 0 Å². The van der Waals surface area contributed by atoms with E-state index >= 15 is 0 Å². The van der Waals surface area contributed by atoms with E-state index in [-0.39, 0.29) is 35.1 Å². The summed E-state index contributed by atoms with van der Waals surface area (Å²) >= 11 is 1.71. The lowest BCUT2D eigenvalue weighted by Crippen LogP contribution is -2.49. The highest BCUT2D eigenvalue weighted by Crippen LogP contribution is 2.33. The predicted molar refractivity (Wildman–Crippen MR) is 133 cm³/mol. The van der Waals surface area contributed by atoms with Gasteiger partial charge in [-0.15, -0.1) is 11.8 Å². The predicted octanol–water partition coefficient (Wildman–Crippen LogP) is 4.53. The van der Waals surface area contributed by atoms with Crippen molar-refractivity contribution in [3.05, 3.63) is 48.0 Å². The lowest BCUT2D eigenvalue weighted by atomic mass is 9.85. The number of amides is 2. The minimum absolute atomic E-state index is 0.0334. The van der Waals surface area contributed by atoms with E-state index in [0.717, 1.165) is 18.6 Å². The molecule has 1 aromatic carbocycles. The van der Waals surface area contributed by atoms with Crippen LogP contribution in [0.2, 0.25) is 0 Å². The van der Waals surface area contributed by atoms with Crippen LogP contribution in [-0.2, 0) is 20.7 Å². The van der Waals surface area contributed by atoms with E-state index in [1.807, 2.05) is 30.0 Å². The monoisotopic (exact) mass is 460 g/mol. The second kappa shape index (κ2) is 13.0. The third-order valence-electron chi connectivity index (χ3n) is 6.71. The fourth-order valence-corrected chi connectivity index (χ4v) is 5.66. The second-order valence-electron chi connectivity index (χ2n) is 8.85. The molecule has 0 aliphatic carbocycles. The lowest BCUT2D eigenvalue weighted by molar-refractivity contribution is -0.138. The van der Waals surface area contributed by atoms with Crippen molar-refractivity contribution in [2.75, 3.05) is 26.0 Å². The maximum absolute atomic E-state index is 13.2. The topological polar surface area (TPSA) is 58.6 Å². The summed E-state index contributed by atoms with van der Waals surface area (Å²) in [7, 11) is 1.63. The Morgan fingerprint density at radius 3 is 2.53 bits per heavy atom. The Bertz CT molecular complexity index is 755. The molecule has 178 valence electrons. The van der Waals surface area contributed by atoms with Gasteiger partial charge in [0.15, 0.2) is 0 Å². The van der Waals surface area contributed by atoms with Crippen LogP contribution in [-0.4, -0.2) is 54.1 Å². The number of carbonyl (C=O) groups is 2. The Hall–Kier alpha value is -1.79. The van der Waals surface area contributed by atoms with E-state index in [0.29, 0.717) is 25.4 Å². The van der Waals surface area contributed by atoms with Crippen LogP contribution in [0.25, 0.3) is 0 Å². The summed E-state index contributed by atoms with van der Waals surface area (Å²) in [5.41, 5.74) is 2.38. The summed E-state index contributed by atoms with van der Waals surface area (Å²) in [5.74, 6) is 1.17. The molecule has 5 atom stereocenters. The number of nitrogens with one attached hydrogen (secondary N) is 1. The molecule has 32 heavy (non-hydrogen) atoms. The molecule has 1 heterocycles. The minimum atomic E-state index is -0.349. The molecular formula is C26H40N2O3S. The van der Waals surface area contributed by atoms with Crippen LogP contribution in [0.4, 0.5) is 0 Å². The summed E-state index contributed by atoms with van der Waals surface area (Å²) in [4.78, 5) is 27.9. The molecule has 0 radical (unpaired) electrons. The number of ether oxygens (including phenoxy) is 1. The second-order valence-corrected chi connectivity index (χ2v) is 10.1. The van der Waals surface area contributed by atoms with Gasteiger partial charge in [-0.3, -0.25) is 9.59 Å². The fraction of sp³-hybridized carbons (Fsp3) is 0.615. The van der Waals surface area contributed by atoms with Crippen molar-refractivity contribution in [3.8, 4) is 0 Å². The first-order valence-corrected chi connectivity index (χ1v) is 12.8. The highest BCUT2D eigenvalue weighted by Gasteiger charge is 2.40. The van der Waals surface area contributed by atoms with Crippen molar-refractivity contribution >= 4 is 23.6 Å². The number of hydrogen-bond donors (Lipinski definition) is 1. The first-order chi connectivity index (χ1) is 15.3. The normalized spacial score (nSPS) is 19.8. The largest absolute Gasteiger partial charge is 0.378 e. The molecule has 1 aliphatic heterocycles. The molecule has 1 saturated heterocycles. The van der Waals surface area contributed by atoms with Crippen LogP contribution in [0.3, 0.4) is 0 Å². The molecular weight excluding hydrogens is 420 g/mol. The smallest absolute Gasteiger partial charge is 0.225 e. The van der Waals surface area contributed by atoms with Gasteiger partial charge in [0.2, 0.25) is 11.8 Å². The minimum Gasteiger partial charge on any atom is -0.378 e. The van der Waals surface area contributed by atoms with Crippen LogP contribution >= 0.6 is 11.8 Å². The lowest BCUT2D eigenvalue weighted by Gasteiger charge is -2.34. The standard InChI is InChI=1S/C26H40N2O3S/c1-7-18(2)20(4)19(3)17-23(29)28-15-16-32-26(28)24(31-6)21(5)25(30)27-14-13-22-11-9-8-10-12-22/h8-12,19-21,24,26H,2,7,13-17H2,1,3-6H3,(H,27,30). The summed E-state index contributed by atoms with van der Waals surface area (Å²) < 4.78 is 5.78. The van der Waals surface area contributed by atoms with Gasteiger partial charge in [-0.1, -0.05) is 70.2 Å². The molecule has 0 spiro atoms. The number of carbonyl (C=O) groups excluding carboxylic acids is 2. The van der Waals surface area contributed by atoms with Gasteiger partial charge in [-0.05, 0) is 30.2 Å². The van der Waals surface area contributed by atoms with E-state index in [1.54, 1.807) is 18.9 Å². The van der Waals surface area contributed by atoms with Gasteiger partial charge in [0.05, 0.1) is 12.0 Å². The van der Waals surface area contributed by atoms with Gasteiger partial charge < -0.3 is 15.0 Å². The quantitative estimate of drug-likeness (QED) is 0.466. The zero-order valence-electron chi connectivity index (χ0n) is 20.3. The van der Waals surface area contributed by atoms with Crippen LogP contribution in [0.1, 0.15) is 46.1 Å². The van der Waals surface area contributed by atoms with Crippen LogP contribution in [0.15, 0.2) is 42.5 Å². The van der Waals surface area contributed by atoms with Crippen molar-refractivity contribution in [2.24, 2.45) is 17.8 Å². The molecule has 0 saturated carbocycles. The molecule has 1 N–H and O–H groups in total. The zero-order valence-corrected chi connectivity index (χ0v) is 21.1. The Morgan fingerprint density at radius 1 is 1.22 bits per heavy atom. The van der Waals surface area contributed by atoms with Crippen molar-refractivity contribution in [2.45, 2.75) is 58.4 Å². The highest BCUT2D eigenvalue weighted by atomic mass is 32.2. The van der Waals surface area contributed by atoms with Gasteiger partial charge in [-0.25, -0.2) is 0 Å². The average molecular weight is 461 g/mol. The third-order valence-corrected chi connectivity index (χ3v) is 7.99. The molecule has 5 nitrogen and oxygen atoms in total. The molecule has 1 fully saturated rings. The number of methoxy groups -OCH3 is 1. The van der Waals surface area contributed by atoms with Crippen LogP contribution in [0, 0.1) is 17.8 Å². The average Bonchev–Trinajstić information content (AvgIpc) is 3.28. The van der Waals surface area contributed by atoms with Crippen LogP contribution < -0.4 is 5.32 Å². The zero-order chi connectivity index (χ0) is 23.7. The summed E-state index contributed by atoms with van der Waals surface area (Å²) in [6, 6.07) is 10.1. The molecule has 0 aromatic heterocycles. The number of rotatable bonds is 12. The van der Waals surface area contributed by atoms with Crippen molar-refractivity contribution in [3.63, 3.8) is 0 Å². The van der Waals surface area contributed by atoms with E-state index < -0.39 is 0 Å². The molecule has 1 aromatic rings. The van der Waals surface area contributed by atoms with Gasteiger partial charge in [-0.2, -0.15) is 0 Å². The number of thioether (sulfide) groups is 1. The summed E-state index contributed by atoms with van der Waals surface area (Å²) in [5, 5.41) is 2.90. The summed E-state index contributed by atoms with van der Waals surface area (Å²) in [6.45, 7) is 13.7. The highest BCUT2D eigenvalue weighted by molar-refractivity contribution is 8.00. The Kier molecular flexibility index (Phi) is 10.8. The molecule has 2 amide bonds. The molecule has 0 bridgehead atoms. The van der Waals surface area contributed by atoms with E-state index in [9.17, 15) is 9.59 Å². The van der Waals surface area contributed by atoms with Crippen LogP contribution in [0.5, 0.6) is 0 Å². The van der Waals surface area contributed by atoms with E-state index in [2.05, 4.69) is 44.8 Å². The first kappa shape index (κ1) is 26.5. The van der Waals surface area contributed by atoms with E-state index in [1.165, 1.54) is 11.1 Å². The van der Waals surface area contributed by atoms with Crippen molar-refractivity contribution < 1.29 is 14.3 Å². The fourth-order valence-electron chi connectivity index (χ4n) is 4.17. The maximum atomic E-state index is 13.2. The Morgan fingerprint density at radius 2 is 1.91 bits per heavy atom. The number of hydrogen-bond acceptors (Lipinski definition) is 4. The Balaban J connectivity index is 1.94. The van der Waals surface area contributed by atoms with Gasteiger partial charge in [0.1, 0.15) is 5.37 Å². The van der Waals surface area contributed by atoms with Gasteiger partial charge in [0.25, 0.3) is 0 Å². The van der Waals surface area contributed by atoms with E-state index in [4.69, 9.17) is 4.74 Å². The SMILES string of the molecule is C=C(CC)C(C)C(C)CC(=O)N1CCSC1C(OC)C(C)C(=O)NCCc1ccccc1. The third kappa shape index (κ3) is 7.11. The molecule has 1 aliphatic rings. The maximum Gasteiger partial charge on any atom is 0.225 e. The molecule has 5 unspecified atom stereocenters. The first-order valence-electron chi connectivity index (χ1n) is 11.7. The number of nitrogens with zero attached hydrogens (tertiary/aromatic N) is 1.